The molecule has 3 atom stereocenters. The molecule has 2 aliphatic rings. The van der Waals surface area contributed by atoms with E-state index >= 15 is 0 Å². The highest BCUT2D eigenvalue weighted by atomic mass is 16.5. The third-order valence-electron chi connectivity index (χ3n) is 5.60. The molecule has 27 heavy (non-hydrogen) atoms. The smallest absolute Gasteiger partial charge is 0.225 e. The van der Waals surface area contributed by atoms with E-state index in [2.05, 4.69) is 52.8 Å². The topological polar surface area (TPSA) is 70.6 Å². The van der Waals surface area contributed by atoms with Gasteiger partial charge in [-0.15, -0.1) is 0 Å². The molecular weight excluding hydrogens is 342 g/mol. The Morgan fingerprint density at radius 2 is 1.89 bits per heavy atom. The van der Waals surface area contributed by atoms with Gasteiger partial charge in [-0.25, -0.2) is 9.97 Å². The number of rotatable bonds is 5. The van der Waals surface area contributed by atoms with E-state index in [9.17, 15) is 4.79 Å². The molecule has 1 aromatic rings. The van der Waals surface area contributed by atoms with Crippen LogP contribution in [0.2, 0.25) is 0 Å². The van der Waals surface area contributed by atoms with Crippen LogP contribution in [0.1, 0.15) is 40.5 Å². The van der Waals surface area contributed by atoms with E-state index < -0.39 is 0 Å². The lowest BCUT2D eigenvalue weighted by atomic mass is 9.96. The largest absolute Gasteiger partial charge is 0.373 e. The lowest BCUT2D eigenvalue weighted by molar-refractivity contribution is -0.127. The van der Waals surface area contributed by atoms with Gasteiger partial charge >= 0.3 is 0 Å². The lowest BCUT2D eigenvalue weighted by Crippen LogP contribution is -2.59. The van der Waals surface area contributed by atoms with Gasteiger partial charge in [0.2, 0.25) is 11.9 Å². The fraction of sp³-hybridized carbons (Fsp3) is 0.750. The normalized spacial score (nSPS) is 27.4. The van der Waals surface area contributed by atoms with E-state index in [1.165, 1.54) is 0 Å². The van der Waals surface area contributed by atoms with E-state index in [0.29, 0.717) is 19.0 Å². The van der Waals surface area contributed by atoms with Crippen molar-refractivity contribution in [1.82, 2.24) is 20.2 Å². The van der Waals surface area contributed by atoms with Crippen molar-refractivity contribution in [3.63, 3.8) is 0 Å². The van der Waals surface area contributed by atoms with Crippen LogP contribution < -0.4 is 10.2 Å². The summed E-state index contributed by atoms with van der Waals surface area (Å²) in [5.74, 6) is 0.838. The van der Waals surface area contributed by atoms with Crippen molar-refractivity contribution in [2.24, 2.45) is 5.92 Å². The first kappa shape index (κ1) is 20.0. The summed E-state index contributed by atoms with van der Waals surface area (Å²) in [5, 5.41) is 3.20. The zero-order valence-corrected chi connectivity index (χ0v) is 17.0. The van der Waals surface area contributed by atoms with Crippen LogP contribution in [0.3, 0.4) is 0 Å². The fourth-order valence-electron chi connectivity index (χ4n) is 4.06. The number of amides is 1. The van der Waals surface area contributed by atoms with Crippen LogP contribution in [-0.2, 0) is 9.53 Å². The third-order valence-corrected chi connectivity index (χ3v) is 5.60. The predicted octanol–water partition coefficient (Wildman–Crippen LogP) is 1.70. The fourth-order valence-corrected chi connectivity index (χ4v) is 4.06. The second kappa shape index (κ2) is 8.52. The number of piperidine rings is 1. The van der Waals surface area contributed by atoms with Gasteiger partial charge in [0.25, 0.3) is 0 Å². The van der Waals surface area contributed by atoms with Gasteiger partial charge in [-0.05, 0) is 46.6 Å². The molecule has 3 heterocycles. The summed E-state index contributed by atoms with van der Waals surface area (Å²) < 4.78 is 5.84. The molecule has 2 aliphatic heterocycles. The number of aromatic nitrogens is 2. The van der Waals surface area contributed by atoms with Gasteiger partial charge in [0.15, 0.2) is 0 Å². The third kappa shape index (κ3) is 5.17. The summed E-state index contributed by atoms with van der Waals surface area (Å²) >= 11 is 0. The van der Waals surface area contributed by atoms with Crippen LogP contribution in [-0.4, -0.2) is 71.2 Å². The molecule has 0 bridgehead atoms. The van der Waals surface area contributed by atoms with E-state index in [0.717, 1.165) is 32.5 Å². The summed E-state index contributed by atoms with van der Waals surface area (Å²) in [6, 6.07) is 1.81. The number of carbonyl (C=O) groups excluding carboxylic acids is 1. The van der Waals surface area contributed by atoms with E-state index in [1.54, 1.807) is 12.4 Å². The summed E-state index contributed by atoms with van der Waals surface area (Å²) in [6.45, 7) is 12.6. The second-order valence-electron chi connectivity index (χ2n) is 8.53. The minimum Gasteiger partial charge on any atom is -0.373 e. The maximum Gasteiger partial charge on any atom is 0.225 e. The van der Waals surface area contributed by atoms with Gasteiger partial charge in [-0.3, -0.25) is 9.69 Å². The SMILES string of the molecule is CC1CN(C(C)(C)CNC(=O)C2CCCN(c3ncccn3)C2)CC(C)O1. The molecule has 7 nitrogen and oxygen atoms in total. The first-order valence-corrected chi connectivity index (χ1v) is 10.1. The van der Waals surface area contributed by atoms with Gasteiger partial charge in [-0.2, -0.15) is 0 Å². The average molecular weight is 376 g/mol. The Morgan fingerprint density at radius 1 is 1.22 bits per heavy atom. The number of nitrogens with zero attached hydrogens (tertiary/aromatic N) is 4. The molecule has 0 radical (unpaired) electrons. The Hall–Kier alpha value is -1.73. The summed E-state index contributed by atoms with van der Waals surface area (Å²) in [7, 11) is 0. The number of carbonyl (C=O) groups is 1. The average Bonchev–Trinajstić information content (AvgIpc) is 2.66. The second-order valence-corrected chi connectivity index (χ2v) is 8.53. The van der Waals surface area contributed by atoms with Crippen LogP contribution in [0.25, 0.3) is 0 Å². The molecule has 0 saturated carbocycles. The van der Waals surface area contributed by atoms with Crippen molar-refractivity contribution in [1.29, 1.82) is 0 Å². The number of hydrogen-bond acceptors (Lipinski definition) is 6. The standard InChI is InChI=1S/C20H33N5O2/c1-15-11-25(12-16(2)27-15)20(3,4)14-23-18(26)17-7-5-10-24(13-17)19-21-8-6-9-22-19/h6,8-9,15-17H,5,7,10-14H2,1-4H3,(H,23,26). The van der Waals surface area contributed by atoms with E-state index in [-0.39, 0.29) is 29.6 Å². The number of anilines is 1. The molecule has 0 spiro atoms. The van der Waals surface area contributed by atoms with Crippen molar-refractivity contribution in [2.45, 2.75) is 58.3 Å². The summed E-state index contributed by atoms with van der Waals surface area (Å²) in [5.41, 5.74) is -0.0984. The quantitative estimate of drug-likeness (QED) is 0.845. The maximum atomic E-state index is 12.8. The molecule has 2 saturated heterocycles. The van der Waals surface area contributed by atoms with Gasteiger partial charge in [0.05, 0.1) is 18.1 Å². The lowest BCUT2D eigenvalue weighted by Gasteiger charge is -2.45. The Bertz CT molecular complexity index is 614. The highest BCUT2D eigenvalue weighted by molar-refractivity contribution is 5.79. The van der Waals surface area contributed by atoms with Crippen LogP contribution in [0.5, 0.6) is 0 Å². The van der Waals surface area contributed by atoms with Crippen LogP contribution in [0, 0.1) is 5.92 Å². The number of hydrogen-bond donors (Lipinski definition) is 1. The molecule has 1 aromatic heterocycles. The van der Waals surface area contributed by atoms with Crippen LogP contribution in [0.15, 0.2) is 18.5 Å². The molecule has 0 aliphatic carbocycles. The number of morpholine rings is 1. The summed E-state index contributed by atoms with van der Waals surface area (Å²) in [4.78, 5) is 26.0. The first-order chi connectivity index (χ1) is 12.8. The molecule has 0 aromatic carbocycles. The first-order valence-electron chi connectivity index (χ1n) is 10.1. The molecule has 3 rings (SSSR count). The number of ether oxygens (including phenoxy) is 1. The predicted molar refractivity (Wildman–Crippen MR) is 106 cm³/mol. The Kier molecular flexibility index (Phi) is 6.32. The van der Waals surface area contributed by atoms with Crippen molar-refractivity contribution in [3.8, 4) is 0 Å². The minimum atomic E-state index is -0.0984. The monoisotopic (exact) mass is 375 g/mol. The molecule has 2 fully saturated rings. The zero-order chi connectivity index (χ0) is 19.4. The van der Waals surface area contributed by atoms with Gasteiger partial charge < -0.3 is 15.0 Å². The van der Waals surface area contributed by atoms with Crippen molar-refractivity contribution in [3.05, 3.63) is 18.5 Å². The molecular formula is C20H33N5O2. The highest BCUT2D eigenvalue weighted by Crippen LogP contribution is 2.22. The van der Waals surface area contributed by atoms with Gasteiger partial charge in [0.1, 0.15) is 0 Å². The highest BCUT2D eigenvalue weighted by Gasteiger charge is 2.34. The minimum absolute atomic E-state index is 0.0131. The molecule has 150 valence electrons. The molecule has 7 heteroatoms. The van der Waals surface area contributed by atoms with Crippen LogP contribution in [0.4, 0.5) is 5.95 Å². The maximum absolute atomic E-state index is 12.8. The summed E-state index contributed by atoms with van der Waals surface area (Å²) in [6.07, 6.45) is 5.85. The molecule has 1 amide bonds. The van der Waals surface area contributed by atoms with E-state index in [1.807, 2.05) is 6.07 Å². The van der Waals surface area contributed by atoms with Crippen molar-refractivity contribution >= 4 is 11.9 Å². The Balaban J connectivity index is 1.53. The Labute approximate surface area is 162 Å². The van der Waals surface area contributed by atoms with Crippen LogP contribution >= 0.6 is 0 Å². The van der Waals surface area contributed by atoms with Gasteiger partial charge in [-0.1, -0.05) is 0 Å². The number of nitrogens with one attached hydrogen (secondary N) is 1. The molecule has 1 N–H and O–H groups in total. The van der Waals surface area contributed by atoms with Crippen molar-refractivity contribution in [2.75, 3.05) is 37.6 Å². The molecule has 3 unspecified atom stereocenters. The van der Waals surface area contributed by atoms with E-state index in [4.69, 9.17) is 4.74 Å². The van der Waals surface area contributed by atoms with Gasteiger partial charge in [0, 0.05) is 50.7 Å². The Morgan fingerprint density at radius 3 is 2.56 bits per heavy atom. The zero-order valence-electron chi connectivity index (χ0n) is 17.0. The van der Waals surface area contributed by atoms with Crippen molar-refractivity contribution < 1.29 is 9.53 Å².